The second kappa shape index (κ2) is 7.75. The molecule has 3 nitrogen and oxygen atoms in total. The zero-order valence-electron chi connectivity index (χ0n) is 15.5. The molecule has 138 valence electrons. The molecule has 0 N–H and O–H groups in total. The minimum absolute atomic E-state index is 0.0192. The Labute approximate surface area is 156 Å². The van der Waals surface area contributed by atoms with Crippen molar-refractivity contribution in [1.82, 2.24) is 0 Å². The third-order valence-corrected chi connectivity index (χ3v) is 7.38. The van der Waals surface area contributed by atoms with Crippen molar-refractivity contribution >= 4 is 15.6 Å². The number of carbonyl (C=O) groups excluding carboxylic acids is 1. The predicted octanol–water partition coefficient (Wildman–Crippen LogP) is 4.31. The summed E-state index contributed by atoms with van der Waals surface area (Å²) in [5, 5.41) is -0.395. The number of Topliss-reactive ketones (excluding diaryl/α,β-unsaturated/α-hetero) is 1. The van der Waals surface area contributed by atoms with Gasteiger partial charge >= 0.3 is 0 Å². The van der Waals surface area contributed by atoms with Crippen molar-refractivity contribution in [3.63, 3.8) is 0 Å². The Kier molecular flexibility index (Phi) is 5.61. The molecule has 0 radical (unpaired) electrons. The maximum absolute atomic E-state index is 12.7. The minimum atomic E-state index is -3.13. The summed E-state index contributed by atoms with van der Waals surface area (Å²) in [5.74, 6) is 0.105. The fourth-order valence-electron chi connectivity index (χ4n) is 3.49. The number of hydrogen-bond acceptors (Lipinski definition) is 3. The number of sulfone groups is 1. The van der Waals surface area contributed by atoms with Gasteiger partial charge in [0, 0.05) is 12.0 Å². The highest BCUT2D eigenvalue weighted by Gasteiger charge is 2.18. The highest BCUT2D eigenvalue weighted by Crippen LogP contribution is 2.25. The summed E-state index contributed by atoms with van der Waals surface area (Å²) in [5.41, 5.74) is 5.25. The van der Waals surface area contributed by atoms with E-state index in [1.807, 2.05) is 6.07 Å². The van der Waals surface area contributed by atoms with Crippen molar-refractivity contribution in [1.29, 1.82) is 0 Å². The molecule has 1 aliphatic rings. The van der Waals surface area contributed by atoms with Gasteiger partial charge in [-0.1, -0.05) is 42.5 Å². The monoisotopic (exact) mass is 370 g/mol. The van der Waals surface area contributed by atoms with E-state index in [4.69, 9.17) is 0 Å². The van der Waals surface area contributed by atoms with Gasteiger partial charge in [-0.3, -0.25) is 4.79 Å². The summed E-state index contributed by atoms with van der Waals surface area (Å²) in [7, 11) is -3.13. The number of carbonyl (C=O) groups is 1. The number of ketones is 1. The zero-order chi connectivity index (χ0) is 18.7. The van der Waals surface area contributed by atoms with Gasteiger partial charge in [0.1, 0.15) is 0 Å². The van der Waals surface area contributed by atoms with Crippen molar-refractivity contribution < 1.29 is 13.2 Å². The normalized spacial score (nSPS) is 14.3. The Balaban J connectivity index is 1.73. The Hall–Kier alpha value is -1.94. The zero-order valence-corrected chi connectivity index (χ0v) is 16.3. The first-order valence-corrected chi connectivity index (χ1v) is 11.0. The van der Waals surface area contributed by atoms with Gasteiger partial charge in [0.25, 0.3) is 0 Å². The lowest BCUT2D eigenvalue weighted by molar-refractivity contribution is 0.0992. The van der Waals surface area contributed by atoms with Gasteiger partial charge < -0.3 is 0 Å². The molecular formula is C22H26O3S. The molecule has 0 aromatic heterocycles. The molecule has 3 rings (SSSR count). The van der Waals surface area contributed by atoms with Crippen LogP contribution in [-0.2, 0) is 34.9 Å². The predicted molar refractivity (Wildman–Crippen MR) is 105 cm³/mol. The number of rotatable bonds is 6. The fraction of sp³-hybridized carbons (Fsp3) is 0.409. The number of fused-ring (bicyclic) bond motifs is 1. The van der Waals surface area contributed by atoms with E-state index in [0.717, 1.165) is 24.0 Å². The van der Waals surface area contributed by atoms with E-state index >= 15 is 0 Å². The molecule has 0 fully saturated rings. The van der Waals surface area contributed by atoms with Crippen molar-refractivity contribution in [2.24, 2.45) is 0 Å². The standard InChI is InChI=1S/C22H26O3S/c1-16(2)26(24,25)15-17-10-12-19(13-11-17)22(23)14-20-8-5-7-18-6-3-4-9-21(18)20/h5,7-8,10-13,16H,3-4,6,9,14-15H2,1-2H3. The number of aryl methyl sites for hydroxylation is 1. The quantitative estimate of drug-likeness (QED) is 0.712. The molecule has 0 bridgehead atoms. The molecule has 0 unspecified atom stereocenters. The van der Waals surface area contributed by atoms with Crippen LogP contribution in [0, 0.1) is 0 Å². The van der Waals surface area contributed by atoms with Crippen molar-refractivity contribution in [2.75, 3.05) is 0 Å². The summed E-state index contributed by atoms with van der Waals surface area (Å²) < 4.78 is 24.1. The van der Waals surface area contributed by atoms with Crippen LogP contribution in [0.3, 0.4) is 0 Å². The molecule has 0 heterocycles. The van der Waals surface area contributed by atoms with Crippen LogP contribution in [-0.4, -0.2) is 19.5 Å². The Morgan fingerprint density at radius 2 is 1.69 bits per heavy atom. The van der Waals surface area contributed by atoms with Crippen LogP contribution in [0.5, 0.6) is 0 Å². The van der Waals surface area contributed by atoms with E-state index in [2.05, 4.69) is 12.1 Å². The number of hydrogen-bond donors (Lipinski definition) is 0. The third kappa shape index (κ3) is 4.24. The molecule has 2 aromatic rings. The Morgan fingerprint density at radius 3 is 2.38 bits per heavy atom. The van der Waals surface area contributed by atoms with Crippen LogP contribution in [0.4, 0.5) is 0 Å². The molecule has 0 atom stereocenters. The van der Waals surface area contributed by atoms with Crippen LogP contribution in [0.25, 0.3) is 0 Å². The van der Waals surface area contributed by atoms with Gasteiger partial charge in [-0.05, 0) is 61.8 Å². The SMILES string of the molecule is CC(C)S(=O)(=O)Cc1ccc(C(=O)Cc2cccc3c2CCCC3)cc1. The Bertz CT molecular complexity index is 893. The van der Waals surface area contributed by atoms with Crippen LogP contribution >= 0.6 is 0 Å². The molecule has 0 spiro atoms. The summed E-state index contributed by atoms with van der Waals surface area (Å²) in [6.45, 7) is 3.38. The van der Waals surface area contributed by atoms with Crippen LogP contribution in [0.1, 0.15) is 59.3 Å². The van der Waals surface area contributed by atoms with Gasteiger partial charge in [0.2, 0.25) is 0 Å². The van der Waals surface area contributed by atoms with Gasteiger partial charge in [0.15, 0.2) is 15.6 Å². The lowest BCUT2D eigenvalue weighted by atomic mass is 9.86. The minimum Gasteiger partial charge on any atom is -0.294 e. The smallest absolute Gasteiger partial charge is 0.167 e. The van der Waals surface area contributed by atoms with Crippen LogP contribution in [0.2, 0.25) is 0 Å². The topological polar surface area (TPSA) is 51.2 Å². The molecule has 0 saturated heterocycles. The second-order valence-corrected chi connectivity index (χ2v) is 9.97. The second-order valence-electron chi connectivity index (χ2n) is 7.41. The summed E-state index contributed by atoms with van der Waals surface area (Å²) in [4.78, 5) is 12.7. The van der Waals surface area contributed by atoms with E-state index in [-0.39, 0.29) is 11.5 Å². The molecular weight excluding hydrogens is 344 g/mol. The third-order valence-electron chi connectivity index (χ3n) is 5.21. The molecule has 0 amide bonds. The molecule has 2 aromatic carbocycles. The summed E-state index contributed by atoms with van der Waals surface area (Å²) >= 11 is 0. The van der Waals surface area contributed by atoms with Gasteiger partial charge in [-0.15, -0.1) is 0 Å². The Morgan fingerprint density at radius 1 is 1.00 bits per heavy atom. The fourth-order valence-corrected chi connectivity index (χ4v) is 4.48. The van der Waals surface area contributed by atoms with Gasteiger partial charge in [-0.2, -0.15) is 0 Å². The largest absolute Gasteiger partial charge is 0.294 e. The molecule has 26 heavy (non-hydrogen) atoms. The first-order chi connectivity index (χ1) is 12.4. The van der Waals surface area contributed by atoms with E-state index in [1.54, 1.807) is 38.1 Å². The molecule has 4 heteroatoms. The average molecular weight is 371 g/mol. The molecule has 0 saturated carbocycles. The first-order valence-electron chi connectivity index (χ1n) is 9.30. The maximum atomic E-state index is 12.7. The molecule has 1 aliphatic carbocycles. The summed E-state index contributed by atoms with van der Waals surface area (Å²) in [6, 6.07) is 13.3. The maximum Gasteiger partial charge on any atom is 0.167 e. The van der Waals surface area contributed by atoms with E-state index in [9.17, 15) is 13.2 Å². The molecule has 0 aliphatic heterocycles. The van der Waals surface area contributed by atoms with Crippen molar-refractivity contribution in [3.05, 3.63) is 70.3 Å². The highest BCUT2D eigenvalue weighted by atomic mass is 32.2. The van der Waals surface area contributed by atoms with Crippen molar-refractivity contribution in [3.8, 4) is 0 Å². The van der Waals surface area contributed by atoms with Crippen LogP contribution in [0.15, 0.2) is 42.5 Å². The summed E-state index contributed by atoms with van der Waals surface area (Å²) in [6.07, 6.45) is 5.00. The lowest BCUT2D eigenvalue weighted by Gasteiger charge is -2.19. The van der Waals surface area contributed by atoms with Crippen LogP contribution < -0.4 is 0 Å². The van der Waals surface area contributed by atoms with E-state index < -0.39 is 15.1 Å². The van der Waals surface area contributed by atoms with Gasteiger partial charge in [0.05, 0.1) is 11.0 Å². The van der Waals surface area contributed by atoms with Gasteiger partial charge in [-0.25, -0.2) is 8.42 Å². The van der Waals surface area contributed by atoms with E-state index in [1.165, 1.54) is 24.0 Å². The number of benzene rings is 2. The highest BCUT2D eigenvalue weighted by molar-refractivity contribution is 7.91. The average Bonchev–Trinajstić information content (AvgIpc) is 2.62. The van der Waals surface area contributed by atoms with Crippen molar-refractivity contribution in [2.45, 2.75) is 57.0 Å². The first kappa shape index (κ1) is 18.8. The van der Waals surface area contributed by atoms with E-state index in [0.29, 0.717) is 12.0 Å². The lowest BCUT2D eigenvalue weighted by Crippen LogP contribution is -2.16.